The van der Waals surface area contributed by atoms with Gasteiger partial charge in [0.1, 0.15) is 0 Å². The van der Waals surface area contributed by atoms with Gasteiger partial charge in [0, 0.05) is 88.6 Å². The Morgan fingerprint density at radius 3 is 2.17 bits per heavy atom. The molecule has 0 unspecified atom stereocenters. The molecular weight excluding hydrogens is 701 g/mol. The van der Waals surface area contributed by atoms with E-state index < -0.39 is 11.4 Å². The number of hydrogen-bond donors (Lipinski definition) is 2. The number of benzene rings is 2. The van der Waals surface area contributed by atoms with Gasteiger partial charge < -0.3 is 24.5 Å². The van der Waals surface area contributed by atoms with Gasteiger partial charge in [0.25, 0.3) is 5.91 Å². The summed E-state index contributed by atoms with van der Waals surface area (Å²) >= 11 is 13.9. The molecule has 0 spiro atoms. The highest BCUT2D eigenvalue weighted by atomic mass is 35.5. The van der Waals surface area contributed by atoms with Gasteiger partial charge in [-0.2, -0.15) is 0 Å². The van der Waals surface area contributed by atoms with E-state index in [1.165, 1.54) is 0 Å². The zero-order valence-electron chi connectivity index (χ0n) is 29.8. The third-order valence-corrected chi connectivity index (χ3v) is 13.0. The van der Waals surface area contributed by atoms with Crippen LogP contribution in [0, 0.1) is 10.8 Å². The van der Waals surface area contributed by atoms with Crippen molar-refractivity contribution in [2.24, 2.45) is 24.9 Å². The van der Waals surface area contributed by atoms with Gasteiger partial charge in [0.2, 0.25) is 5.78 Å². The maximum absolute atomic E-state index is 13.7. The lowest BCUT2D eigenvalue weighted by Gasteiger charge is -2.35. The molecule has 0 saturated heterocycles. The van der Waals surface area contributed by atoms with Crippen LogP contribution in [-0.2, 0) is 51.2 Å². The minimum atomic E-state index is -0.644. The summed E-state index contributed by atoms with van der Waals surface area (Å²) in [4.78, 5) is 53.3. The van der Waals surface area contributed by atoms with Crippen molar-refractivity contribution >= 4 is 46.5 Å². The van der Waals surface area contributed by atoms with Gasteiger partial charge in [-0.15, -0.1) is 0 Å². The lowest BCUT2D eigenvalue weighted by molar-refractivity contribution is -0.148. The average Bonchev–Trinajstić information content (AvgIpc) is 3.86. The van der Waals surface area contributed by atoms with Crippen LogP contribution in [0.4, 0.5) is 5.69 Å². The predicted molar refractivity (Wildman–Crippen MR) is 199 cm³/mol. The second kappa shape index (κ2) is 13.1. The van der Waals surface area contributed by atoms with Crippen LogP contribution in [0.25, 0.3) is 11.1 Å². The Kier molecular flexibility index (Phi) is 8.84. The number of carboxylic acid groups (broad SMARTS) is 1. The number of carbonyl (C=O) groups is 3. The number of Topliss-reactive ketones (excluding diaryl/α,β-unsaturated/α-hetero) is 1. The number of carbonyl (C=O) groups excluding carboxylic acids is 2. The van der Waals surface area contributed by atoms with Gasteiger partial charge in [-0.05, 0) is 56.2 Å². The number of nitrogens with one attached hydrogen (secondary N) is 1. The van der Waals surface area contributed by atoms with Gasteiger partial charge >= 0.3 is 5.97 Å². The molecule has 1 amide bonds. The van der Waals surface area contributed by atoms with Crippen molar-refractivity contribution in [1.29, 1.82) is 0 Å². The topological polar surface area (TPSA) is 126 Å². The number of likely N-dealkylation sites (N-methyl/N-ethyl adjacent to an activating group) is 1. The van der Waals surface area contributed by atoms with Crippen LogP contribution in [0.5, 0.6) is 0 Å². The zero-order chi connectivity index (χ0) is 36.5. The smallest absolute Gasteiger partial charge is 0.309 e. The number of rotatable bonds is 9. The highest BCUT2D eigenvalue weighted by Crippen LogP contribution is 2.62. The normalized spacial score (nSPS) is 22.7. The molecule has 4 aromatic rings. The second-order valence-electron chi connectivity index (χ2n) is 15.5. The molecule has 13 heteroatoms. The lowest BCUT2D eigenvalue weighted by atomic mass is 9.81. The van der Waals surface area contributed by atoms with Crippen LogP contribution in [-0.4, -0.2) is 78.4 Å². The van der Waals surface area contributed by atoms with Gasteiger partial charge in [-0.1, -0.05) is 53.5 Å². The van der Waals surface area contributed by atoms with Crippen molar-refractivity contribution in [2.75, 3.05) is 32.0 Å². The van der Waals surface area contributed by atoms with Crippen molar-refractivity contribution < 1.29 is 19.5 Å². The molecule has 4 aliphatic rings. The van der Waals surface area contributed by atoms with Gasteiger partial charge in [0.15, 0.2) is 11.6 Å². The number of amides is 1. The molecule has 2 aromatic heterocycles. The second-order valence-corrected chi connectivity index (χ2v) is 16.2. The first-order valence-corrected chi connectivity index (χ1v) is 18.8. The summed E-state index contributed by atoms with van der Waals surface area (Å²) in [5.74, 6) is -0.381. The van der Waals surface area contributed by atoms with Crippen molar-refractivity contribution in [3.63, 3.8) is 0 Å². The van der Waals surface area contributed by atoms with Gasteiger partial charge in [-0.3, -0.25) is 19.3 Å². The van der Waals surface area contributed by atoms with E-state index in [9.17, 15) is 19.5 Å². The fourth-order valence-corrected chi connectivity index (χ4v) is 9.90. The monoisotopic (exact) mass is 743 g/mol. The van der Waals surface area contributed by atoms with Crippen LogP contribution in [0.3, 0.4) is 0 Å². The van der Waals surface area contributed by atoms with Crippen LogP contribution in [0.15, 0.2) is 36.4 Å². The highest BCUT2D eigenvalue weighted by molar-refractivity contribution is 6.39. The van der Waals surface area contributed by atoms with E-state index in [1.54, 1.807) is 6.07 Å². The van der Waals surface area contributed by atoms with Gasteiger partial charge in [0.05, 0.1) is 32.5 Å². The molecule has 2 aliphatic carbocycles. The molecule has 2 saturated carbocycles. The Balaban J connectivity index is 0.973. The molecule has 2 N–H and O–H groups in total. The maximum Gasteiger partial charge on any atom is 0.309 e. The third kappa shape index (κ3) is 5.95. The summed E-state index contributed by atoms with van der Waals surface area (Å²) in [6.07, 6.45) is 5.90. The number of fused-ring (bicyclic) bond motifs is 4. The minimum Gasteiger partial charge on any atom is -0.481 e. The Morgan fingerprint density at radius 1 is 0.827 bits per heavy atom. The highest BCUT2D eigenvalue weighted by Gasteiger charge is 2.58. The molecule has 2 aliphatic heterocycles. The molecule has 4 heterocycles. The number of aromatic nitrogens is 4. The quantitative estimate of drug-likeness (QED) is 0.195. The minimum absolute atomic E-state index is 0.0561. The number of anilines is 1. The Morgan fingerprint density at radius 2 is 1.46 bits per heavy atom. The molecule has 2 aromatic carbocycles. The van der Waals surface area contributed by atoms with E-state index in [2.05, 4.69) is 22.2 Å². The van der Waals surface area contributed by atoms with Gasteiger partial charge in [-0.25, -0.2) is 9.97 Å². The number of ketones is 1. The fourth-order valence-electron chi connectivity index (χ4n) is 9.33. The van der Waals surface area contributed by atoms with E-state index >= 15 is 0 Å². The Bertz CT molecular complexity index is 2130. The van der Waals surface area contributed by atoms with E-state index in [4.69, 9.17) is 33.2 Å². The Hall–Kier alpha value is -4.03. The van der Waals surface area contributed by atoms with Crippen LogP contribution >= 0.6 is 23.2 Å². The molecule has 272 valence electrons. The summed E-state index contributed by atoms with van der Waals surface area (Å²) in [5, 5.41) is 13.6. The number of imidazole rings is 2. The van der Waals surface area contributed by atoms with Crippen molar-refractivity contribution in [1.82, 2.24) is 28.9 Å². The number of halogens is 2. The average molecular weight is 745 g/mol. The predicted octanol–water partition coefficient (Wildman–Crippen LogP) is 6.19. The van der Waals surface area contributed by atoms with E-state index in [0.29, 0.717) is 50.6 Å². The molecule has 0 atom stereocenters. The van der Waals surface area contributed by atoms with Crippen LogP contribution in [0.2, 0.25) is 10.0 Å². The van der Waals surface area contributed by atoms with E-state index in [0.717, 1.165) is 93.9 Å². The summed E-state index contributed by atoms with van der Waals surface area (Å²) in [6.45, 7) is 3.98. The number of hydrogen-bond acceptors (Lipinski definition) is 7. The first-order chi connectivity index (χ1) is 24.9. The van der Waals surface area contributed by atoms with E-state index in [1.807, 2.05) is 53.6 Å². The zero-order valence-corrected chi connectivity index (χ0v) is 31.3. The van der Waals surface area contributed by atoms with Crippen molar-refractivity contribution in [2.45, 2.75) is 64.5 Å². The van der Waals surface area contributed by atoms with Crippen LogP contribution in [0.1, 0.15) is 81.7 Å². The molecule has 11 nitrogen and oxygen atoms in total. The molecule has 8 rings (SSSR count). The first-order valence-electron chi connectivity index (χ1n) is 18.0. The molecule has 52 heavy (non-hydrogen) atoms. The number of aliphatic carboxylic acids is 1. The molecule has 2 bridgehead atoms. The summed E-state index contributed by atoms with van der Waals surface area (Å²) in [6, 6.07) is 11.0. The van der Waals surface area contributed by atoms with E-state index in [-0.39, 0.29) is 23.5 Å². The lowest BCUT2D eigenvalue weighted by Crippen LogP contribution is -2.39. The SMILES string of the molecule is CN1CCc2c(nc(C(=O)Cc3cccc(-c4cccc(NC(=O)c5nc6c(n5C)CCN(CC57CCC(C(=O)O)(CC5)C7)C6)c4Cl)c3Cl)n2C)C1. The fraction of sp³-hybridized carbons (Fsp3) is 0.462. The van der Waals surface area contributed by atoms with Crippen molar-refractivity contribution in [3.05, 3.63) is 86.4 Å². The summed E-state index contributed by atoms with van der Waals surface area (Å²) in [7, 11) is 5.82. The molecule has 0 radical (unpaired) electrons. The molecule has 2 fully saturated rings. The molecular formula is C39H43Cl2N7O4. The van der Waals surface area contributed by atoms with Crippen LogP contribution < -0.4 is 5.32 Å². The standard InChI is InChI=1S/C39H43Cl2N7O4/c1-45-16-10-29-27(19-45)42-34(46(29)2)31(49)18-23-6-4-7-24(32(23)40)25-8-5-9-26(33(25)41)44-36(50)35-43-28-20-48(17-11-30(28)47(35)3)22-38-12-14-39(21-38,15-13-38)37(51)52/h4-9H,10-22H2,1-3H3,(H,44,50)(H,51,52). The Labute approximate surface area is 312 Å². The maximum atomic E-state index is 13.7. The number of carboxylic acids is 1. The third-order valence-electron chi connectivity index (χ3n) is 12.2. The largest absolute Gasteiger partial charge is 0.481 e. The summed E-state index contributed by atoms with van der Waals surface area (Å²) < 4.78 is 3.78. The first kappa shape index (κ1) is 35.0. The number of nitrogens with zero attached hydrogens (tertiary/aromatic N) is 6. The van der Waals surface area contributed by atoms with Crippen molar-refractivity contribution in [3.8, 4) is 11.1 Å². The summed E-state index contributed by atoms with van der Waals surface area (Å²) in [5.41, 5.74) is 5.86.